The lowest BCUT2D eigenvalue weighted by Crippen LogP contribution is -2.31. The van der Waals surface area contributed by atoms with E-state index in [0.29, 0.717) is 76.7 Å². The average molecular weight is 620 g/mol. The van der Waals surface area contributed by atoms with E-state index in [0.717, 1.165) is 17.5 Å². The van der Waals surface area contributed by atoms with Crippen molar-refractivity contribution in [2.45, 2.75) is 46.6 Å². The van der Waals surface area contributed by atoms with Crippen LogP contribution in [0.2, 0.25) is 5.02 Å². The molecule has 1 aliphatic rings. The molecule has 3 aromatic carbocycles. The van der Waals surface area contributed by atoms with Gasteiger partial charge in [0.15, 0.2) is 28.4 Å². The zero-order chi connectivity index (χ0) is 31.5. The lowest BCUT2D eigenvalue weighted by atomic mass is 9.97. The first kappa shape index (κ1) is 31.3. The normalized spacial score (nSPS) is 14.3. The van der Waals surface area contributed by atoms with Gasteiger partial charge in [0, 0.05) is 11.6 Å². The Kier molecular flexibility index (Phi) is 9.39. The SMILES string of the molecule is CCOc1cc(C2c3c(oc4cc(C)c(Cl)cc4c3=O)C(=O)N2CCc2ccc(OC)c(OC)c2)ccc1OCCC(C)C. The monoisotopic (exact) mass is 619 g/mol. The van der Waals surface area contributed by atoms with Crippen LogP contribution in [-0.4, -0.2) is 44.8 Å². The van der Waals surface area contributed by atoms with Gasteiger partial charge in [-0.3, -0.25) is 9.59 Å². The van der Waals surface area contributed by atoms with Crippen molar-refractivity contribution in [2.75, 3.05) is 34.0 Å². The van der Waals surface area contributed by atoms with Crippen molar-refractivity contribution in [1.82, 2.24) is 4.90 Å². The maximum absolute atomic E-state index is 14.1. The third kappa shape index (κ3) is 6.09. The number of fused-ring (bicyclic) bond motifs is 2. The lowest BCUT2D eigenvalue weighted by Gasteiger charge is -2.26. The number of carbonyl (C=O) groups excluding carboxylic acids is 1. The largest absolute Gasteiger partial charge is 0.493 e. The van der Waals surface area contributed by atoms with E-state index in [1.807, 2.05) is 50.2 Å². The molecule has 0 fully saturated rings. The minimum Gasteiger partial charge on any atom is -0.493 e. The van der Waals surface area contributed by atoms with Crippen molar-refractivity contribution in [3.63, 3.8) is 0 Å². The fraction of sp³-hybridized carbons (Fsp3) is 0.371. The number of amides is 1. The van der Waals surface area contributed by atoms with Gasteiger partial charge in [-0.1, -0.05) is 37.6 Å². The number of aryl methyl sites for hydroxylation is 1. The van der Waals surface area contributed by atoms with E-state index in [2.05, 4.69) is 13.8 Å². The molecule has 0 aliphatic carbocycles. The molecule has 2 heterocycles. The van der Waals surface area contributed by atoms with Crippen LogP contribution >= 0.6 is 11.6 Å². The summed E-state index contributed by atoms with van der Waals surface area (Å²) in [4.78, 5) is 29.8. The Hall–Kier alpha value is -4.17. The summed E-state index contributed by atoms with van der Waals surface area (Å²) in [5.41, 5.74) is 2.74. The molecular weight excluding hydrogens is 582 g/mol. The molecule has 1 unspecified atom stereocenters. The van der Waals surface area contributed by atoms with Crippen LogP contribution in [0.1, 0.15) is 66.0 Å². The van der Waals surface area contributed by atoms with E-state index < -0.39 is 6.04 Å². The molecule has 0 radical (unpaired) electrons. The van der Waals surface area contributed by atoms with Crippen LogP contribution in [0.3, 0.4) is 0 Å². The predicted octanol–water partition coefficient (Wildman–Crippen LogP) is 7.38. The van der Waals surface area contributed by atoms with Gasteiger partial charge in [-0.05, 0) is 85.7 Å². The molecule has 0 saturated heterocycles. The Bertz CT molecular complexity index is 1750. The quantitative estimate of drug-likeness (QED) is 0.163. The Labute approximate surface area is 262 Å². The van der Waals surface area contributed by atoms with Gasteiger partial charge in [0.2, 0.25) is 5.76 Å². The van der Waals surface area contributed by atoms with Gasteiger partial charge < -0.3 is 28.3 Å². The third-order valence-electron chi connectivity index (χ3n) is 7.87. The van der Waals surface area contributed by atoms with Crippen molar-refractivity contribution in [3.05, 3.63) is 91.8 Å². The first-order valence-corrected chi connectivity index (χ1v) is 15.2. The molecule has 5 rings (SSSR count). The second-order valence-electron chi connectivity index (χ2n) is 11.3. The molecule has 232 valence electrons. The number of methoxy groups -OCH3 is 2. The fourth-order valence-corrected chi connectivity index (χ4v) is 5.65. The highest BCUT2D eigenvalue weighted by Crippen LogP contribution is 2.42. The summed E-state index contributed by atoms with van der Waals surface area (Å²) in [6, 6.07) is 13.9. The average Bonchev–Trinajstić information content (AvgIpc) is 3.28. The van der Waals surface area contributed by atoms with Gasteiger partial charge in [0.1, 0.15) is 5.58 Å². The Morgan fingerprint density at radius 2 is 1.68 bits per heavy atom. The number of ether oxygens (including phenoxy) is 4. The molecular formula is C35H38ClNO7. The van der Waals surface area contributed by atoms with Gasteiger partial charge in [0.05, 0.1) is 44.4 Å². The molecule has 0 N–H and O–H groups in total. The number of hydrogen-bond acceptors (Lipinski definition) is 7. The topological polar surface area (TPSA) is 87.4 Å². The van der Waals surface area contributed by atoms with Crippen LogP contribution in [0.4, 0.5) is 0 Å². The van der Waals surface area contributed by atoms with E-state index in [1.54, 1.807) is 31.3 Å². The Morgan fingerprint density at radius 3 is 2.39 bits per heavy atom. The lowest BCUT2D eigenvalue weighted by molar-refractivity contribution is 0.0729. The van der Waals surface area contributed by atoms with E-state index in [4.69, 9.17) is 35.0 Å². The van der Waals surface area contributed by atoms with Crippen molar-refractivity contribution in [2.24, 2.45) is 5.92 Å². The van der Waals surface area contributed by atoms with E-state index in [1.165, 1.54) is 0 Å². The van der Waals surface area contributed by atoms with E-state index >= 15 is 0 Å². The first-order valence-electron chi connectivity index (χ1n) is 14.8. The molecule has 0 saturated carbocycles. The maximum Gasteiger partial charge on any atom is 0.290 e. The Balaban J connectivity index is 1.60. The molecule has 8 nitrogen and oxygen atoms in total. The number of nitrogens with zero attached hydrogens (tertiary/aromatic N) is 1. The second kappa shape index (κ2) is 13.2. The van der Waals surface area contributed by atoms with Crippen LogP contribution in [0, 0.1) is 12.8 Å². The highest BCUT2D eigenvalue weighted by molar-refractivity contribution is 6.32. The molecule has 1 aromatic heterocycles. The molecule has 0 spiro atoms. The number of carbonyl (C=O) groups is 1. The zero-order valence-electron chi connectivity index (χ0n) is 26.0. The predicted molar refractivity (Wildman–Crippen MR) is 171 cm³/mol. The molecule has 44 heavy (non-hydrogen) atoms. The van der Waals surface area contributed by atoms with Crippen LogP contribution in [-0.2, 0) is 6.42 Å². The van der Waals surface area contributed by atoms with E-state index in [9.17, 15) is 9.59 Å². The summed E-state index contributed by atoms with van der Waals surface area (Å²) < 4.78 is 29.1. The zero-order valence-corrected chi connectivity index (χ0v) is 26.7. The van der Waals surface area contributed by atoms with Crippen molar-refractivity contribution >= 4 is 28.5 Å². The smallest absolute Gasteiger partial charge is 0.290 e. The molecule has 0 bridgehead atoms. The Morgan fingerprint density at radius 1 is 0.932 bits per heavy atom. The molecule has 1 amide bonds. The standard InChI is InChI=1S/C35H38ClNO7/c1-7-42-30-18-23(9-11-27(30)43-15-13-20(2)3)32-31-33(38)24-19-25(36)21(4)16-28(24)44-34(31)35(39)37(32)14-12-22-8-10-26(40-5)29(17-22)41-6/h8-11,16-20,32H,7,12-15H2,1-6H3. The summed E-state index contributed by atoms with van der Waals surface area (Å²) in [5.74, 6) is 2.57. The van der Waals surface area contributed by atoms with Gasteiger partial charge in [0.25, 0.3) is 5.91 Å². The number of hydrogen-bond donors (Lipinski definition) is 0. The highest BCUT2D eigenvalue weighted by Gasteiger charge is 2.43. The van der Waals surface area contributed by atoms with Crippen LogP contribution < -0.4 is 24.4 Å². The van der Waals surface area contributed by atoms with Gasteiger partial charge in [-0.2, -0.15) is 0 Å². The van der Waals surface area contributed by atoms with Crippen LogP contribution in [0.25, 0.3) is 11.0 Å². The van der Waals surface area contributed by atoms with Crippen molar-refractivity contribution in [1.29, 1.82) is 0 Å². The van der Waals surface area contributed by atoms with Crippen molar-refractivity contribution < 1.29 is 28.2 Å². The molecule has 9 heteroatoms. The first-order chi connectivity index (χ1) is 21.2. The number of benzene rings is 3. The maximum atomic E-state index is 14.1. The summed E-state index contributed by atoms with van der Waals surface area (Å²) >= 11 is 6.41. The fourth-order valence-electron chi connectivity index (χ4n) is 5.49. The number of halogens is 1. The number of rotatable bonds is 12. The minimum atomic E-state index is -0.706. The van der Waals surface area contributed by atoms with Crippen molar-refractivity contribution in [3.8, 4) is 23.0 Å². The molecule has 4 aromatic rings. The van der Waals surface area contributed by atoms with Gasteiger partial charge in [-0.15, -0.1) is 0 Å². The van der Waals surface area contributed by atoms with Crippen LogP contribution in [0.15, 0.2) is 57.7 Å². The molecule has 1 atom stereocenters. The molecule has 1 aliphatic heterocycles. The minimum absolute atomic E-state index is 0.0387. The summed E-state index contributed by atoms with van der Waals surface area (Å²) in [6.07, 6.45) is 1.40. The summed E-state index contributed by atoms with van der Waals surface area (Å²) in [6.45, 7) is 9.31. The van der Waals surface area contributed by atoms with E-state index in [-0.39, 0.29) is 22.7 Å². The van der Waals surface area contributed by atoms with Gasteiger partial charge in [-0.25, -0.2) is 0 Å². The van der Waals surface area contributed by atoms with Crippen LogP contribution in [0.5, 0.6) is 23.0 Å². The summed E-state index contributed by atoms with van der Waals surface area (Å²) in [5, 5.41) is 0.787. The van der Waals surface area contributed by atoms with Gasteiger partial charge >= 0.3 is 0 Å². The second-order valence-corrected chi connectivity index (χ2v) is 11.7. The third-order valence-corrected chi connectivity index (χ3v) is 8.28. The highest BCUT2D eigenvalue weighted by atomic mass is 35.5. The summed E-state index contributed by atoms with van der Waals surface area (Å²) in [7, 11) is 3.17.